The molecule has 3 rings (SSSR count). The average Bonchev–Trinajstić information content (AvgIpc) is 2.99. The fourth-order valence-electron chi connectivity index (χ4n) is 2.72. The molecule has 0 aromatic carbocycles. The standard InChI is InChI=1S/C18H23N5O/c1-12-9-20-23(11-12)15(4)14(3)19-10-16-8-17(24)22-7-5-6-13(2)18(22)21-16/h5-9,11,14-15,19H,10H2,1-4H3/t14-,15+/m1/s1. The Morgan fingerprint density at radius 1 is 1.29 bits per heavy atom. The number of nitrogens with one attached hydrogen (secondary N) is 1. The van der Waals surface area contributed by atoms with Crippen LogP contribution in [0.1, 0.15) is 36.7 Å². The lowest BCUT2D eigenvalue weighted by atomic mass is 10.1. The van der Waals surface area contributed by atoms with Crippen LogP contribution in [0.15, 0.2) is 41.6 Å². The minimum Gasteiger partial charge on any atom is -0.307 e. The molecule has 0 unspecified atom stereocenters. The van der Waals surface area contributed by atoms with Crippen LogP contribution in [0.2, 0.25) is 0 Å². The summed E-state index contributed by atoms with van der Waals surface area (Å²) < 4.78 is 3.54. The molecule has 126 valence electrons. The van der Waals surface area contributed by atoms with Gasteiger partial charge in [-0.1, -0.05) is 6.07 Å². The predicted molar refractivity (Wildman–Crippen MR) is 94.2 cm³/mol. The SMILES string of the molecule is Cc1cnn([C@@H](C)[C@@H](C)NCc2cc(=O)n3cccc(C)c3n2)c1. The highest BCUT2D eigenvalue weighted by molar-refractivity contribution is 5.46. The Balaban J connectivity index is 1.76. The smallest absolute Gasteiger partial charge is 0.258 e. The van der Waals surface area contributed by atoms with E-state index in [-0.39, 0.29) is 17.6 Å². The maximum atomic E-state index is 12.2. The molecule has 0 spiro atoms. The molecule has 3 aromatic heterocycles. The van der Waals surface area contributed by atoms with Crippen LogP contribution in [0.25, 0.3) is 5.65 Å². The normalized spacial score (nSPS) is 14.0. The van der Waals surface area contributed by atoms with Gasteiger partial charge in [0.1, 0.15) is 5.65 Å². The molecule has 1 N–H and O–H groups in total. The van der Waals surface area contributed by atoms with Gasteiger partial charge >= 0.3 is 0 Å². The molecule has 0 saturated carbocycles. The largest absolute Gasteiger partial charge is 0.307 e. The molecule has 0 aliphatic rings. The number of aryl methyl sites for hydroxylation is 2. The lowest BCUT2D eigenvalue weighted by Crippen LogP contribution is -2.34. The Morgan fingerprint density at radius 3 is 2.79 bits per heavy atom. The van der Waals surface area contributed by atoms with Crippen molar-refractivity contribution >= 4 is 5.65 Å². The van der Waals surface area contributed by atoms with Crippen molar-refractivity contribution in [2.75, 3.05) is 0 Å². The third-order valence-corrected chi connectivity index (χ3v) is 4.42. The van der Waals surface area contributed by atoms with Crippen molar-refractivity contribution in [3.63, 3.8) is 0 Å². The predicted octanol–water partition coefficient (Wildman–Crippen LogP) is 2.25. The Bertz CT molecular complexity index is 911. The van der Waals surface area contributed by atoms with E-state index in [0.29, 0.717) is 12.2 Å². The molecule has 3 aromatic rings. The summed E-state index contributed by atoms with van der Waals surface area (Å²) in [5.41, 5.74) is 3.55. The van der Waals surface area contributed by atoms with Gasteiger partial charge in [0.2, 0.25) is 0 Å². The lowest BCUT2D eigenvalue weighted by molar-refractivity contribution is 0.363. The van der Waals surface area contributed by atoms with Gasteiger partial charge in [0.15, 0.2) is 0 Å². The van der Waals surface area contributed by atoms with Gasteiger partial charge in [0, 0.05) is 31.0 Å². The first-order valence-corrected chi connectivity index (χ1v) is 8.18. The summed E-state index contributed by atoms with van der Waals surface area (Å²) in [5.74, 6) is 0. The molecule has 0 fully saturated rings. The maximum Gasteiger partial charge on any atom is 0.258 e. The highest BCUT2D eigenvalue weighted by Crippen LogP contribution is 2.11. The van der Waals surface area contributed by atoms with Gasteiger partial charge in [-0.05, 0) is 44.9 Å². The molecule has 0 amide bonds. The second-order valence-electron chi connectivity index (χ2n) is 6.38. The Kier molecular flexibility index (Phi) is 4.49. The first-order chi connectivity index (χ1) is 11.5. The van der Waals surface area contributed by atoms with Crippen LogP contribution in [-0.2, 0) is 6.54 Å². The van der Waals surface area contributed by atoms with Crippen LogP contribution in [0.5, 0.6) is 0 Å². The zero-order chi connectivity index (χ0) is 17.3. The zero-order valence-corrected chi connectivity index (χ0v) is 14.5. The average molecular weight is 325 g/mol. The van der Waals surface area contributed by atoms with Gasteiger partial charge in [-0.3, -0.25) is 13.9 Å². The molecular formula is C18H23N5O. The Morgan fingerprint density at radius 2 is 2.08 bits per heavy atom. The van der Waals surface area contributed by atoms with Gasteiger partial charge in [-0.2, -0.15) is 5.10 Å². The molecule has 6 heteroatoms. The van der Waals surface area contributed by atoms with E-state index < -0.39 is 0 Å². The van der Waals surface area contributed by atoms with Crippen molar-refractivity contribution in [3.05, 3.63) is 64.0 Å². The zero-order valence-electron chi connectivity index (χ0n) is 14.5. The molecule has 6 nitrogen and oxygen atoms in total. The minimum atomic E-state index is -0.0519. The van der Waals surface area contributed by atoms with Gasteiger partial charge < -0.3 is 5.32 Å². The fraction of sp³-hybridized carbons (Fsp3) is 0.389. The van der Waals surface area contributed by atoms with E-state index in [1.165, 1.54) is 0 Å². The van der Waals surface area contributed by atoms with Crippen molar-refractivity contribution in [2.45, 2.75) is 46.3 Å². The summed E-state index contributed by atoms with van der Waals surface area (Å²) in [6.45, 7) is 8.77. The molecule has 24 heavy (non-hydrogen) atoms. The first-order valence-electron chi connectivity index (χ1n) is 8.18. The second kappa shape index (κ2) is 6.57. The van der Waals surface area contributed by atoms with Crippen molar-refractivity contribution < 1.29 is 0 Å². The molecule has 0 aliphatic heterocycles. The van der Waals surface area contributed by atoms with Crippen LogP contribution in [0.3, 0.4) is 0 Å². The number of aromatic nitrogens is 4. The van der Waals surface area contributed by atoms with Crippen LogP contribution in [0.4, 0.5) is 0 Å². The lowest BCUT2D eigenvalue weighted by Gasteiger charge is -2.21. The van der Waals surface area contributed by atoms with Gasteiger partial charge in [0.25, 0.3) is 5.56 Å². The summed E-state index contributed by atoms with van der Waals surface area (Å²) in [6, 6.07) is 5.82. The van der Waals surface area contributed by atoms with E-state index in [4.69, 9.17) is 0 Å². The summed E-state index contributed by atoms with van der Waals surface area (Å²) in [6.07, 6.45) is 5.64. The van der Waals surface area contributed by atoms with E-state index in [1.807, 2.05) is 43.1 Å². The topological polar surface area (TPSA) is 64.2 Å². The van der Waals surface area contributed by atoms with E-state index in [2.05, 4.69) is 29.2 Å². The fourth-order valence-corrected chi connectivity index (χ4v) is 2.72. The minimum absolute atomic E-state index is 0.0519. The summed E-state index contributed by atoms with van der Waals surface area (Å²) in [4.78, 5) is 16.9. The number of rotatable bonds is 5. The Labute approximate surface area is 141 Å². The first kappa shape index (κ1) is 16.4. The number of hydrogen-bond acceptors (Lipinski definition) is 4. The van der Waals surface area contributed by atoms with Crippen molar-refractivity contribution in [1.29, 1.82) is 0 Å². The molecule has 0 bridgehead atoms. The van der Waals surface area contributed by atoms with Crippen LogP contribution in [0, 0.1) is 13.8 Å². The van der Waals surface area contributed by atoms with Crippen molar-refractivity contribution in [3.8, 4) is 0 Å². The molecule has 0 saturated heterocycles. The van der Waals surface area contributed by atoms with Crippen molar-refractivity contribution in [1.82, 2.24) is 24.5 Å². The van der Waals surface area contributed by atoms with Crippen LogP contribution in [-0.4, -0.2) is 25.2 Å². The maximum absolute atomic E-state index is 12.2. The van der Waals surface area contributed by atoms with Crippen LogP contribution < -0.4 is 10.9 Å². The van der Waals surface area contributed by atoms with Crippen LogP contribution >= 0.6 is 0 Å². The van der Waals surface area contributed by atoms with E-state index in [1.54, 1.807) is 16.7 Å². The molecule has 0 radical (unpaired) electrons. The molecule has 3 heterocycles. The number of nitrogens with zero attached hydrogens (tertiary/aromatic N) is 4. The molecular weight excluding hydrogens is 302 g/mol. The van der Waals surface area contributed by atoms with Gasteiger partial charge in [-0.25, -0.2) is 4.98 Å². The summed E-state index contributed by atoms with van der Waals surface area (Å²) in [5, 5.41) is 7.81. The van der Waals surface area contributed by atoms with Crippen molar-refractivity contribution in [2.24, 2.45) is 0 Å². The Hall–Kier alpha value is -2.47. The van der Waals surface area contributed by atoms with Gasteiger partial charge in [0.05, 0.1) is 17.9 Å². The summed E-state index contributed by atoms with van der Waals surface area (Å²) in [7, 11) is 0. The highest BCUT2D eigenvalue weighted by atomic mass is 16.1. The quantitative estimate of drug-likeness (QED) is 0.781. The van der Waals surface area contributed by atoms with E-state index >= 15 is 0 Å². The highest BCUT2D eigenvalue weighted by Gasteiger charge is 2.15. The van der Waals surface area contributed by atoms with E-state index in [9.17, 15) is 4.79 Å². The number of pyridine rings is 1. The molecule has 0 aliphatic carbocycles. The monoisotopic (exact) mass is 325 g/mol. The summed E-state index contributed by atoms with van der Waals surface area (Å²) >= 11 is 0. The molecule has 2 atom stereocenters. The van der Waals surface area contributed by atoms with E-state index in [0.717, 1.165) is 16.8 Å². The second-order valence-corrected chi connectivity index (χ2v) is 6.38. The third-order valence-electron chi connectivity index (χ3n) is 4.42. The number of hydrogen-bond donors (Lipinski definition) is 1. The van der Waals surface area contributed by atoms with Gasteiger partial charge in [-0.15, -0.1) is 0 Å². The third kappa shape index (κ3) is 3.23. The number of fused-ring (bicyclic) bond motifs is 1.